The lowest BCUT2D eigenvalue weighted by atomic mass is 10.1. The molecule has 0 radical (unpaired) electrons. The molecule has 17 heavy (non-hydrogen) atoms. The van der Waals surface area contributed by atoms with E-state index in [1.54, 1.807) is 0 Å². The number of guanidine groups is 1. The van der Waals surface area contributed by atoms with E-state index in [-0.39, 0.29) is 11.8 Å². The van der Waals surface area contributed by atoms with Gasteiger partial charge in [-0.15, -0.1) is 0 Å². The fourth-order valence-electron chi connectivity index (χ4n) is 1.62. The SMILES string of the molecule is [2H][C@@]1(O)C(O)[C@H](N2C=NC(N)=NC2=C)O[C@@H]1CO. The van der Waals surface area contributed by atoms with E-state index < -0.39 is 31.1 Å². The summed E-state index contributed by atoms with van der Waals surface area (Å²) in [5.41, 5.74) is 5.36. The molecule has 4 atom stereocenters. The Bertz CT molecular complexity index is 425. The van der Waals surface area contributed by atoms with Gasteiger partial charge in [0.1, 0.15) is 30.4 Å². The minimum Gasteiger partial charge on any atom is -0.394 e. The molecule has 0 aliphatic carbocycles. The van der Waals surface area contributed by atoms with E-state index >= 15 is 0 Å². The zero-order valence-electron chi connectivity index (χ0n) is 9.89. The number of nitrogens with zero attached hydrogens (tertiary/aromatic N) is 3. The highest BCUT2D eigenvalue weighted by Crippen LogP contribution is 2.26. The Hall–Kier alpha value is -1.48. The normalized spacial score (nSPS) is 42.6. The van der Waals surface area contributed by atoms with Gasteiger partial charge in [-0.05, 0) is 0 Å². The van der Waals surface area contributed by atoms with E-state index in [2.05, 4.69) is 16.6 Å². The Balaban J connectivity index is 2.22. The summed E-state index contributed by atoms with van der Waals surface area (Å²) in [4.78, 5) is 8.72. The van der Waals surface area contributed by atoms with Crippen LogP contribution in [0.1, 0.15) is 1.37 Å². The Morgan fingerprint density at radius 1 is 1.65 bits per heavy atom. The van der Waals surface area contributed by atoms with Crippen LogP contribution >= 0.6 is 0 Å². The summed E-state index contributed by atoms with van der Waals surface area (Å²) >= 11 is 0. The minimum absolute atomic E-state index is 0.00331. The van der Waals surface area contributed by atoms with Crippen molar-refractivity contribution in [2.75, 3.05) is 6.61 Å². The minimum atomic E-state index is -2.32. The molecule has 1 fully saturated rings. The van der Waals surface area contributed by atoms with Crippen molar-refractivity contribution in [3.05, 3.63) is 12.4 Å². The first kappa shape index (κ1) is 10.7. The van der Waals surface area contributed by atoms with Gasteiger partial charge in [0.25, 0.3) is 0 Å². The molecule has 0 aromatic heterocycles. The molecular formula is C9H14N4O4. The first-order chi connectivity index (χ1) is 8.37. The summed E-state index contributed by atoms with van der Waals surface area (Å²) < 4.78 is 12.8. The summed E-state index contributed by atoms with van der Waals surface area (Å²) in [5.74, 6) is 0.157. The molecule has 2 heterocycles. The van der Waals surface area contributed by atoms with Crippen LogP contribution in [0.5, 0.6) is 0 Å². The van der Waals surface area contributed by atoms with Crippen molar-refractivity contribution in [2.24, 2.45) is 15.7 Å². The average molecular weight is 243 g/mol. The van der Waals surface area contributed by atoms with Gasteiger partial charge in [0.15, 0.2) is 6.23 Å². The lowest BCUT2D eigenvalue weighted by molar-refractivity contribution is -0.0607. The summed E-state index contributed by atoms with van der Waals surface area (Å²) in [6.07, 6.45) is -5.01. The van der Waals surface area contributed by atoms with Crippen molar-refractivity contribution >= 4 is 12.3 Å². The molecule has 2 aliphatic rings. The molecule has 5 N–H and O–H groups in total. The summed E-state index contributed by atoms with van der Waals surface area (Å²) in [5, 5.41) is 28.6. The van der Waals surface area contributed by atoms with Gasteiger partial charge in [-0.25, -0.2) is 4.99 Å². The molecule has 2 aliphatic heterocycles. The second kappa shape index (κ2) is 4.41. The zero-order valence-corrected chi connectivity index (χ0v) is 8.89. The highest BCUT2D eigenvalue weighted by Gasteiger charge is 2.45. The molecule has 1 unspecified atom stereocenters. The third-order valence-corrected chi connectivity index (χ3v) is 2.50. The Morgan fingerprint density at radius 3 is 2.88 bits per heavy atom. The van der Waals surface area contributed by atoms with Crippen LogP contribution in [0.4, 0.5) is 0 Å². The quantitative estimate of drug-likeness (QED) is 0.427. The summed E-state index contributed by atoms with van der Waals surface area (Å²) in [7, 11) is 0. The third kappa shape index (κ3) is 2.03. The number of hydrogen-bond acceptors (Lipinski definition) is 8. The molecule has 94 valence electrons. The van der Waals surface area contributed by atoms with E-state index in [1.165, 1.54) is 11.2 Å². The van der Waals surface area contributed by atoms with Gasteiger partial charge in [0.05, 0.1) is 7.98 Å². The maximum absolute atomic E-state index is 9.86. The van der Waals surface area contributed by atoms with E-state index in [4.69, 9.17) is 16.9 Å². The van der Waals surface area contributed by atoms with Crippen LogP contribution in [0, 0.1) is 0 Å². The number of rotatable bonds is 2. The number of hydrogen-bond donors (Lipinski definition) is 4. The highest BCUT2D eigenvalue weighted by molar-refractivity contribution is 5.89. The molecular weight excluding hydrogens is 228 g/mol. The molecule has 0 saturated carbocycles. The first-order valence-corrected chi connectivity index (χ1v) is 4.90. The van der Waals surface area contributed by atoms with Gasteiger partial charge >= 0.3 is 0 Å². The van der Waals surface area contributed by atoms with E-state index in [0.29, 0.717) is 0 Å². The molecule has 2 rings (SSSR count). The van der Waals surface area contributed by atoms with Crippen molar-refractivity contribution in [2.45, 2.75) is 24.5 Å². The van der Waals surface area contributed by atoms with Crippen LogP contribution in [-0.4, -0.2) is 63.6 Å². The van der Waals surface area contributed by atoms with Gasteiger partial charge in [0, 0.05) is 0 Å². The van der Waals surface area contributed by atoms with Crippen LogP contribution in [0.3, 0.4) is 0 Å². The van der Waals surface area contributed by atoms with Gasteiger partial charge in [-0.2, -0.15) is 4.99 Å². The monoisotopic (exact) mass is 243 g/mol. The van der Waals surface area contributed by atoms with Crippen LogP contribution in [0.25, 0.3) is 0 Å². The molecule has 0 aromatic rings. The molecule has 0 spiro atoms. The second-order valence-electron chi connectivity index (χ2n) is 3.61. The number of nitrogens with two attached hydrogens (primary N) is 1. The third-order valence-electron chi connectivity index (χ3n) is 2.50. The first-order valence-electron chi connectivity index (χ1n) is 5.40. The van der Waals surface area contributed by atoms with E-state index in [1.807, 2.05) is 0 Å². The fourth-order valence-corrected chi connectivity index (χ4v) is 1.62. The lowest BCUT2D eigenvalue weighted by Crippen LogP contribution is -2.44. The Kier molecular flexibility index (Phi) is 2.77. The number of ether oxygens (including phenoxy) is 1. The van der Waals surface area contributed by atoms with E-state index in [9.17, 15) is 10.2 Å². The molecule has 0 aromatic carbocycles. The Morgan fingerprint density at radius 2 is 2.35 bits per heavy atom. The van der Waals surface area contributed by atoms with Gasteiger partial charge < -0.3 is 25.8 Å². The predicted octanol–water partition coefficient (Wildman–Crippen LogP) is -2.44. The largest absolute Gasteiger partial charge is 0.394 e. The van der Waals surface area contributed by atoms with Gasteiger partial charge in [-0.3, -0.25) is 4.90 Å². The standard InChI is InChI=1S/C9H14N4O4/c1-4-12-9(10)11-3-13(4)8-7(16)6(15)5(2-14)17-8/h3,5-8,14-16H,1-2H2,(H2,10,12)/t5-,6+,7?,8-/m1/s1/i6D. The predicted molar refractivity (Wildman–Crippen MR) is 58.9 cm³/mol. The van der Waals surface area contributed by atoms with Gasteiger partial charge in [0.2, 0.25) is 5.96 Å². The van der Waals surface area contributed by atoms with Crippen molar-refractivity contribution < 1.29 is 21.4 Å². The van der Waals surface area contributed by atoms with Gasteiger partial charge in [-0.1, -0.05) is 6.58 Å². The highest BCUT2D eigenvalue weighted by atomic mass is 16.6. The van der Waals surface area contributed by atoms with E-state index in [0.717, 1.165) is 0 Å². The lowest BCUT2D eigenvalue weighted by Gasteiger charge is -2.29. The average Bonchev–Trinajstić information content (AvgIpc) is 2.52. The second-order valence-corrected chi connectivity index (χ2v) is 3.61. The smallest absolute Gasteiger partial charge is 0.223 e. The topological polar surface area (TPSA) is 124 Å². The molecule has 0 bridgehead atoms. The van der Waals surface area contributed by atoms with Crippen LogP contribution in [-0.2, 0) is 4.74 Å². The van der Waals surface area contributed by atoms with Crippen molar-refractivity contribution in [1.29, 1.82) is 0 Å². The van der Waals surface area contributed by atoms with Crippen molar-refractivity contribution in [1.82, 2.24) is 4.90 Å². The summed E-state index contributed by atoms with van der Waals surface area (Å²) in [6.45, 7) is 2.99. The van der Waals surface area contributed by atoms with Crippen molar-refractivity contribution in [3.8, 4) is 0 Å². The Labute approximate surface area is 98.7 Å². The number of aliphatic imine (C=N–C) groups is 2. The van der Waals surface area contributed by atoms with Crippen LogP contribution < -0.4 is 5.73 Å². The number of aliphatic hydroxyl groups excluding tert-OH is 2. The van der Waals surface area contributed by atoms with Crippen LogP contribution in [0.2, 0.25) is 0 Å². The molecule has 1 saturated heterocycles. The maximum Gasteiger partial charge on any atom is 0.223 e. The molecule has 0 amide bonds. The molecule has 8 heteroatoms. The number of aliphatic hydroxyl groups is 3. The molecule has 8 nitrogen and oxygen atoms in total. The maximum atomic E-state index is 9.86. The fraction of sp³-hybridized carbons (Fsp3) is 0.556. The van der Waals surface area contributed by atoms with Crippen LogP contribution in [0.15, 0.2) is 22.4 Å². The van der Waals surface area contributed by atoms with Crippen molar-refractivity contribution in [3.63, 3.8) is 0 Å². The zero-order chi connectivity index (χ0) is 13.5. The summed E-state index contributed by atoms with van der Waals surface area (Å²) in [6, 6.07) is 0.